The summed E-state index contributed by atoms with van der Waals surface area (Å²) in [5.41, 5.74) is 1.85. The van der Waals surface area contributed by atoms with Gasteiger partial charge in [0.2, 0.25) is 0 Å². The number of anilines is 2. The van der Waals surface area contributed by atoms with Gasteiger partial charge in [-0.25, -0.2) is 15.0 Å². The van der Waals surface area contributed by atoms with E-state index in [4.69, 9.17) is 14.7 Å². The predicted molar refractivity (Wildman–Crippen MR) is 106 cm³/mol. The van der Waals surface area contributed by atoms with Crippen LogP contribution in [0.3, 0.4) is 0 Å². The molecule has 0 amide bonds. The topological polar surface area (TPSA) is 79.0 Å². The van der Waals surface area contributed by atoms with Gasteiger partial charge in [0.05, 0.1) is 19.3 Å². The van der Waals surface area contributed by atoms with Crippen molar-refractivity contribution in [2.75, 3.05) is 36.5 Å². The SMILES string of the molecule is CC1COCCN1c1cc(NCC2CC2)nc(-c2ccnc3[nH]ccc23)n1. The first-order valence-corrected chi connectivity index (χ1v) is 9.68. The number of ether oxygens (including phenoxy) is 1. The van der Waals surface area contributed by atoms with Crippen LogP contribution in [0.4, 0.5) is 11.6 Å². The van der Waals surface area contributed by atoms with E-state index in [1.54, 1.807) is 6.20 Å². The molecule has 1 saturated heterocycles. The first-order chi connectivity index (χ1) is 13.3. The summed E-state index contributed by atoms with van der Waals surface area (Å²) in [5.74, 6) is 3.36. The third-order valence-electron chi connectivity index (χ3n) is 5.34. The number of aromatic amines is 1. The maximum Gasteiger partial charge on any atom is 0.164 e. The average Bonchev–Trinajstić information content (AvgIpc) is 3.40. The summed E-state index contributed by atoms with van der Waals surface area (Å²) in [5, 5.41) is 4.56. The van der Waals surface area contributed by atoms with E-state index in [-0.39, 0.29) is 0 Å². The van der Waals surface area contributed by atoms with Crippen LogP contribution in [0, 0.1) is 5.92 Å². The molecule has 2 N–H and O–H groups in total. The van der Waals surface area contributed by atoms with Crippen molar-refractivity contribution in [1.82, 2.24) is 19.9 Å². The van der Waals surface area contributed by atoms with Gasteiger partial charge in [0.15, 0.2) is 5.82 Å². The van der Waals surface area contributed by atoms with Crippen molar-refractivity contribution < 1.29 is 4.74 Å². The van der Waals surface area contributed by atoms with Crippen LogP contribution in [-0.2, 0) is 4.74 Å². The molecule has 1 unspecified atom stereocenters. The van der Waals surface area contributed by atoms with Crippen molar-refractivity contribution in [3.8, 4) is 11.4 Å². The van der Waals surface area contributed by atoms with Crippen molar-refractivity contribution >= 4 is 22.7 Å². The molecule has 0 aromatic carbocycles. The van der Waals surface area contributed by atoms with Gasteiger partial charge in [-0.3, -0.25) is 0 Å². The number of hydrogen-bond acceptors (Lipinski definition) is 6. The molecular formula is C20H24N6O. The van der Waals surface area contributed by atoms with E-state index in [1.165, 1.54) is 12.8 Å². The van der Waals surface area contributed by atoms with E-state index >= 15 is 0 Å². The van der Waals surface area contributed by atoms with E-state index in [9.17, 15) is 0 Å². The van der Waals surface area contributed by atoms with Crippen molar-refractivity contribution in [1.29, 1.82) is 0 Å². The summed E-state index contributed by atoms with van der Waals surface area (Å²) >= 11 is 0. The van der Waals surface area contributed by atoms with Crippen LogP contribution in [-0.4, -0.2) is 52.3 Å². The number of fused-ring (bicyclic) bond motifs is 1. The molecule has 2 aliphatic rings. The fraction of sp³-hybridized carbons (Fsp3) is 0.450. The first-order valence-electron chi connectivity index (χ1n) is 9.68. The van der Waals surface area contributed by atoms with Gasteiger partial charge >= 0.3 is 0 Å². The van der Waals surface area contributed by atoms with Crippen LogP contribution >= 0.6 is 0 Å². The zero-order valence-electron chi connectivity index (χ0n) is 15.5. The third-order valence-corrected chi connectivity index (χ3v) is 5.34. The highest BCUT2D eigenvalue weighted by Crippen LogP contribution is 2.31. The van der Waals surface area contributed by atoms with Gasteiger partial charge in [0.1, 0.15) is 17.3 Å². The minimum atomic E-state index is 0.294. The van der Waals surface area contributed by atoms with Gasteiger partial charge in [0.25, 0.3) is 0 Å². The summed E-state index contributed by atoms with van der Waals surface area (Å²) < 4.78 is 5.60. The van der Waals surface area contributed by atoms with Gasteiger partial charge < -0.3 is 19.9 Å². The van der Waals surface area contributed by atoms with E-state index in [1.807, 2.05) is 18.3 Å². The fourth-order valence-electron chi connectivity index (χ4n) is 3.59. The summed E-state index contributed by atoms with van der Waals surface area (Å²) in [6, 6.07) is 6.39. The van der Waals surface area contributed by atoms with Gasteiger partial charge in [-0.15, -0.1) is 0 Å². The Morgan fingerprint density at radius 2 is 2.22 bits per heavy atom. The van der Waals surface area contributed by atoms with Crippen LogP contribution in [0.2, 0.25) is 0 Å². The van der Waals surface area contributed by atoms with Gasteiger partial charge in [-0.05, 0) is 37.8 Å². The molecule has 1 atom stereocenters. The lowest BCUT2D eigenvalue weighted by Gasteiger charge is -2.34. The number of rotatable bonds is 5. The normalized spacial score (nSPS) is 20.2. The second-order valence-corrected chi connectivity index (χ2v) is 7.48. The summed E-state index contributed by atoms with van der Waals surface area (Å²) in [4.78, 5) is 19.6. The van der Waals surface area contributed by atoms with Crippen molar-refractivity contribution in [2.24, 2.45) is 5.92 Å². The highest BCUT2D eigenvalue weighted by Gasteiger charge is 2.24. The Hall–Kier alpha value is -2.67. The number of nitrogens with one attached hydrogen (secondary N) is 2. The van der Waals surface area contributed by atoms with Gasteiger partial charge in [-0.2, -0.15) is 0 Å². The minimum Gasteiger partial charge on any atom is -0.377 e. The molecular weight excluding hydrogens is 340 g/mol. The van der Waals surface area contributed by atoms with Crippen molar-refractivity contribution in [3.63, 3.8) is 0 Å². The van der Waals surface area contributed by atoms with Crippen LogP contribution < -0.4 is 10.2 Å². The summed E-state index contributed by atoms with van der Waals surface area (Å²) in [6.45, 7) is 5.45. The average molecular weight is 364 g/mol. The molecule has 3 aromatic rings. The molecule has 0 radical (unpaired) electrons. The summed E-state index contributed by atoms with van der Waals surface area (Å²) in [6.07, 6.45) is 6.33. The molecule has 27 heavy (non-hydrogen) atoms. The Morgan fingerprint density at radius 1 is 1.30 bits per heavy atom. The number of hydrogen-bond donors (Lipinski definition) is 2. The quantitative estimate of drug-likeness (QED) is 0.724. The van der Waals surface area contributed by atoms with Gasteiger partial charge in [0, 0.05) is 42.5 Å². The highest BCUT2D eigenvalue weighted by atomic mass is 16.5. The smallest absolute Gasteiger partial charge is 0.164 e. The van der Waals surface area contributed by atoms with Crippen LogP contribution in [0.25, 0.3) is 22.4 Å². The minimum absolute atomic E-state index is 0.294. The molecule has 3 aromatic heterocycles. The third kappa shape index (κ3) is 3.35. The standard InChI is InChI=1S/C20H24N6O/c1-13-12-27-9-8-26(13)18-10-17(23-11-14-2-3-14)24-20(25-18)16-5-7-22-19-15(16)4-6-21-19/h4-7,10,13-14H,2-3,8-9,11-12H2,1H3,(H,21,22)(H,23,24,25). The Balaban J connectivity index is 1.57. The van der Waals surface area contributed by atoms with Gasteiger partial charge in [-0.1, -0.05) is 0 Å². The molecule has 1 saturated carbocycles. The molecule has 0 bridgehead atoms. The highest BCUT2D eigenvalue weighted by molar-refractivity contribution is 5.91. The molecule has 2 fully saturated rings. The Labute approximate surface area is 158 Å². The molecule has 1 aliphatic carbocycles. The van der Waals surface area contributed by atoms with Crippen LogP contribution in [0.5, 0.6) is 0 Å². The molecule has 7 heteroatoms. The molecule has 1 aliphatic heterocycles. The molecule has 140 valence electrons. The number of pyridine rings is 1. The lowest BCUT2D eigenvalue weighted by molar-refractivity contribution is 0.0985. The van der Waals surface area contributed by atoms with E-state index in [0.717, 1.165) is 66.3 Å². The van der Waals surface area contributed by atoms with Crippen LogP contribution in [0.15, 0.2) is 30.6 Å². The van der Waals surface area contributed by atoms with E-state index < -0.39 is 0 Å². The number of H-pyrrole nitrogens is 1. The fourth-order valence-corrected chi connectivity index (χ4v) is 3.59. The molecule has 0 spiro atoms. The van der Waals surface area contributed by atoms with Crippen LogP contribution in [0.1, 0.15) is 19.8 Å². The second kappa shape index (κ2) is 6.81. The second-order valence-electron chi connectivity index (χ2n) is 7.48. The number of aromatic nitrogens is 4. The Kier molecular flexibility index (Phi) is 4.16. The van der Waals surface area contributed by atoms with E-state index in [2.05, 4.69) is 33.2 Å². The zero-order valence-corrected chi connectivity index (χ0v) is 15.5. The monoisotopic (exact) mass is 364 g/mol. The number of nitrogens with zero attached hydrogens (tertiary/aromatic N) is 4. The molecule has 4 heterocycles. The maximum absolute atomic E-state index is 5.60. The van der Waals surface area contributed by atoms with E-state index in [0.29, 0.717) is 6.04 Å². The zero-order chi connectivity index (χ0) is 18.2. The van der Waals surface area contributed by atoms with Crippen molar-refractivity contribution in [3.05, 3.63) is 30.6 Å². The first kappa shape index (κ1) is 16.5. The summed E-state index contributed by atoms with van der Waals surface area (Å²) in [7, 11) is 0. The Morgan fingerprint density at radius 3 is 3.07 bits per heavy atom. The maximum atomic E-state index is 5.60. The lowest BCUT2D eigenvalue weighted by atomic mass is 10.1. The Bertz CT molecular complexity index is 951. The molecule has 7 nitrogen and oxygen atoms in total. The van der Waals surface area contributed by atoms with Crippen molar-refractivity contribution in [2.45, 2.75) is 25.8 Å². The molecule has 5 rings (SSSR count). The predicted octanol–water partition coefficient (Wildman–Crippen LogP) is 3.07. The lowest BCUT2D eigenvalue weighted by Crippen LogP contribution is -2.44. The number of morpholine rings is 1. The largest absolute Gasteiger partial charge is 0.377 e.